The fourth-order valence-corrected chi connectivity index (χ4v) is 3.91. The quantitative estimate of drug-likeness (QED) is 0.370. The van der Waals surface area contributed by atoms with E-state index in [0.717, 1.165) is 35.5 Å². The second kappa shape index (κ2) is 10.2. The van der Waals surface area contributed by atoms with Gasteiger partial charge in [0, 0.05) is 7.05 Å². The van der Waals surface area contributed by atoms with Crippen LogP contribution in [-0.2, 0) is 18.0 Å². The van der Waals surface area contributed by atoms with E-state index in [1.54, 1.807) is 24.6 Å². The Morgan fingerprint density at radius 1 is 1.18 bits per heavy atom. The summed E-state index contributed by atoms with van der Waals surface area (Å²) in [5.41, 5.74) is -0.0361. The van der Waals surface area contributed by atoms with Gasteiger partial charge in [0.15, 0.2) is 17.1 Å². The molecule has 0 spiro atoms. The lowest BCUT2D eigenvalue weighted by Crippen LogP contribution is -2.16. The van der Waals surface area contributed by atoms with Crippen LogP contribution in [0.4, 0.5) is 18.9 Å². The zero-order chi connectivity index (χ0) is 24.3. The predicted octanol–water partition coefficient (Wildman–Crippen LogP) is 6.32. The van der Waals surface area contributed by atoms with E-state index in [9.17, 15) is 18.0 Å². The topological polar surface area (TPSA) is 69.0 Å². The third kappa shape index (κ3) is 6.33. The minimum absolute atomic E-state index is 0.00285. The molecule has 1 atom stereocenters. The van der Waals surface area contributed by atoms with Gasteiger partial charge in [0.25, 0.3) is 0 Å². The van der Waals surface area contributed by atoms with E-state index in [0.29, 0.717) is 21.8 Å². The van der Waals surface area contributed by atoms with Gasteiger partial charge in [0.2, 0.25) is 5.91 Å². The molecule has 3 aromatic rings. The average Bonchev–Trinajstić information content (AvgIpc) is 3.10. The van der Waals surface area contributed by atoms with E-state index in [4.69, 9.17) is 27.9 Å². The molecule has 2 aromatic carbocycles. The molecule has 1 N–H and O–H groups in total. The number of thioether (sulfide) groups is 1. The molecule has 3 rings (SSSR count). The first kappa shape index (κ1) is 25.2. The van der Waals surface area contributed by atoms with Crippen LogP contribution in [0.2, 0.25) is 10.0 Å². The second-order valence-corrected chi connectivity index (χ2v) is 8.88. The number of ether oxygens (including phenoxy) is 1. The summed E-state index contributed by atoms with van der Waals surface area (Å²) in [6.45, 7) is 3.71. The Hall–Kier alpha value is -2.43. The van der Waals surface area contributed by atoms with Gasteiger partial charge in [0.1, 0.15) is 5.75 Å². The molecule has 12 heteroatoms. The summed E-state index contributed by atoms with van der Waals surface area (Å²) in [5.74, 6) is 0.369. The number of hydrogen-bond acceptors (Lipinski definition) is 5. The fraction of sp³-hybridized carbons (Fsp3) is 0.286. The molecule has 176 valence electrons. The van der Waals surface area contributed by atoms with E-state index in [1.807, 2.05) is 19.1 Å². The van der Waals surface area contributed by atoms with E-state index in [-0.39, 0.29) is 16.5 Å². The van der Waals surface area contributed by atoms with Crippen molar-refractivity contribution >= 4 is 46.6 Å². The Balaban J connectivity index is 1.64. The number of carbonyl (C=O) groups excluding carboxylic acids is 1. The van der Waals surface area contributed by atoms with Crippen molar-refractivity contribution in [3.63, 3.8) is 0 Å². The van der Waals surface area contributed by atoms with Gasteiger partial charge < -0.3 is 14.6 Å². The second-order valence-electron chi connectivity index (χ2n) is 7.12. The molecule has 1 unspecified atom stereocenters. The highest BCUT2D eigenvalue weighted by Crippen LogP contribution is 2.34. The van der Waals surface area contributed by atoms with Crippen LogP contribution in [-0.4, -0.2) is 26.4 Å². The third-order valence-electron chi connectivity index (χ3n) is 4.52. The van der Waals surface area contributed by atoms with E-state index >= 15 is 0 Å². The van der Waals surface area contributed by atoms with Crippen LogP contribution in [0.15, 0.2) is 41.6 Å². The number of anilines is 1. The summed E-state index contributed by atoms with van der Waals surface area (Å²) in [7, 11) is 1.72. The number of aromatic nitrogens is 3. The Morgan fingerprint density at radius 3 is 2.58 bits per heavy atom. The van der Waals surface area contributed by atoms with Gasteiger partial charge in [0.05, 0.1) is 27.0 Å². The van der Waals surface area contributed by atoms with Crippen LogP contribution < -0.4 is 10.1 Å². The van der Waals surface area contributed by atoms with E-state index in [2.05, 4.69) is 15.5 Å². The van der Waals surface area contributed by atoms with Gasteiger partial charge in [-0.25, -0.2) is 0 Å². The van der Waals surface area contributed by atoms with Gasteiger partial charge in [-0.05, 0) is 49.7 Å². The zero-order valence-electron chi connectivity index (χ0n) is 17.7. The maximum Gasteiger partial charge on any atom is 0.416 e. The number of alkyl halides is 3. The van der Waals surface area contributed by atoms with Crippen LogP contribution in [0.1, 0.15) is 30.0 Å². The smallest absolute Gasteiger partial charge is 0.416 e. The molecule has 0 saturated carbocycles. The number of aryl methyl sites for hydroxylation is 1. The van der Waals surface area contributed by atoms with Crippen LogP contribution in [0, 0.1) is 6.92 Å². The fourth-order valence-electron chi connectivity index (χ4n) is 2.86. The van der Waals surface area contributed by atoms with Gasteiger partial charge in [-0.15, -0.1) is 10.2 Å². The average molecular weight is 519 g/mol. The minimum Gasteiger partial charge on any atom is -0.481 e. The van der Waals surface area contributed by atoms with Gasteiger partial charge in [-0.1, -0.05) is 41.0 Å². The largest absolute Gasteiger partial charge is 0.481 e. The summed E-state index contributed by atoms with van der Waals surface area (Å²) < 4.78 is 46.3. The number of amides is 1. The van der Waals surface area contributed by atoms with Crippen LogP contribution in [0.5, 0.6) is 5.75 Å². The summed E-state index contributed by atoms with van der Waals surface area (Å²) >= 11 is 13.2. The number of benzene rings is 2. The Kier molecular flexibility index (Phi) is 7.81. The number of carbonyl (C=O) groups is 1. The van der Waals surface area contributed by atoms with Crippen LogP contribution in [0.3, 0.4) is 0 Å². The van der Waals surface area contributed by atoms with Gasteiger partial charge in [-0.3, -0.25) is 4.79 Å². The number of nitrogens with zero attached hydrogens (tertiary/aromatic N) is 3. The van der Waals surface area contributed by atoms with Crippen molar-refractivity contribution in [1.29, 1.82) is 0 Å². The number of nitrogens with one attached hydrogen (secondary N) is 1. The molecule has 0 aliphatic carbocycles. The Labute approximate surface area is 202 Å². The molecule has 6 nitrogen and oxygen atoms in total. The molecule has 1 heterocycles. The number of hydrogen-bond donors (Lipinski definition) is 1. The first-order valence-electron chi connectivity index (χ1n) is 9.57. The molecule has 0 radical (unpaired) electrons. The molecule has 33 heavy (non-hydrogen) atoms. The summed E-state index contributed by atoms with van der Waals surface area (Å²) in [5, 5.41) is 11.5. The molecule has 0 aliphatic heterocycles. The van der Waals surface area contributed by atoms with E-state index in [1.165, 1.54) is 0 Å². The molecular formula is C21H19Cl2F3N4O2S. The van der Waals surface area contributed by atoms with Crippen molar-refractivity contribution in [2.45, 2.75) is 31.3 Å². The van der Waals surface area contributed by atoms with Crippen LogP contribution in [0.25, 0.3) is 0 Å². The minimum atomic E-state index is -4.55. The lowest BCUT2D eigenvalue weighted by molar-refractivity contribution is -0.137. The van der Waals surface area contributed by atoms with Crippen molar-refractivity contribution in [2.24, 2.45) is 7.05 Å². The van der Waals surface area contributed by atoms with Crippen molar-refractivity contribution < 1.29 is 22.7 Å². The standard InChI is InChI=1S/C21H19Cl2F3N4O2S/c1-11-4-6-15(23)17(8-11)32-12(2)19-28-29-20(30(19)3)33-10-18(31)27-16-9-13(21(24,25)26)5-7-14(16)22/h4-9,12H,10H2,1-3H3,(H,27,31). The highest BCUT2D eigenvalue weighted by atomic mass is 35.5. The van der Waals surface area contributed by atoms with Crippen molar-refractivity contribution in [2.75, 3.05) is 11.1 Å². The van der Waals surface area contributed by atoms with E-state index < -0.39 is 23.8 Å². The van der Waals surface area contributed by atoms with Crippen molar-refractivity contribution in [1.82, 2.24) is 14.8 Å². The Bertz CT molecular complexity index is 1170. The number of rotatable bonds is 7. The van der Waals surface area contributed by atoms with Gasteiger partial charge >= 0.3 is 6.18 Å². The molecular weight excluding hydrogens is 500 g/mol. The third-order valence-corrected chi connectivity index (χ3v) is 6.18. The molecule has 0 saturated heterocycles. The monoisotopic (exact) mass is 518 g/mol. The van der Waals surface area contributed by atoms with Crippen molar-refractivity contribution in [3.05, 3.63) is 63.4 Å². The summed E-state index contributed by atoms with van der Waals surface area (Å²) in [4.78, 5) is 12.3. The molecule has 0 aliphatic rings. The summed E-state index contributed by atoms with van der Waals surface area (Å²) in [6, 6.07) is 8.15. The predicted molar refractivity (Wildman–Crippen MR) is 122 cm³/mol. The zero-order valence-corrected chi connectivity index (χ0v) is 20.0. The van der Waals surface area contributed by atoms with Crippen molar-refractivity contribution in [3.8, 4) is 5.75 Å². The molecule has 0 bridgehead atoms. The van der Waals surface area contributed by atoms with Crippen LogP contribution >= 0.6 is 35.0 Å². The maximum atomic E-state index is 12.9. The molecule has 1 amide bonds. The first-order chi connectivity index (χ1) is 15.5. The molecule has 1 aromatic heterocycles. The summed E-state index contributed by atoms with van der Waals surface area (Å²) in [6.07, 6.45) is -5.02. The SMILES string of the molecule is Cc1ccc(Cl)c(OC(C)c2nnc(SCC(=O)Nc3cc(C(F)(F)F)ccc3Cl)n2C)c1. The normalized spacial score (nSPS) is 12.5. The lowest BCUT2D eigenvalue weighted by atomic mass is 10.2. The highest BCUT2D eigenvalue weighted by molar-refractivity contribution is 7.99. The number of halogens is 5. The van der Waals surface area contributed by atoms with Gasteiger partial charge in [-0.2, -0.15) is 13.2 Å². The maximum absolute atomic E-state index is 12.9. The Morgan fingerprint density at radius 2 is 1.88 bits per heavy atom. The highest BCUT2D eigenvalue weighted by Gasteiger charge is 2.31. The lowest BCUT2D eigenvalue weighted by Gasteiger charge is -2.15. The molecule has 0 fully saturated rings. The first-order valence-corrected chi connectivity index (χ1v) is 11.3.